The summed E-state index contributed by atoms with van der Waals surface area (Å²) in [5.74, 6) is 0. The maximum absolute atomic E-state index is 6.09. The maximum atomic E-state index is 6.09. The van der Waals surface area contributed by atoms with Crippen molar-refractivity contribution in [3.63, 3.8) is 0 Å². The van der Waals surface area contributed by atoms with E-state index in [9.17, 15) is 0 Å². The van der Waals surface area contributed by atoms with E-state index >= 15 is 0 Å². The first kappa shape index (κ1) is 12.2. The first-order valence-electron chi connectivity index (χ1n) is 5.71. The molecular formula is C13H16Cl2O. The minimum atomic E-state index is 0.229. The summed E-state index contributed by atoms with van der Waals surface area (Å²) in [4.78, 5) is 0. The number of hydrogen-bond donors (Lipinski definition) is 0. The Kier molecular flexibility index (Phi) is 3.78. The van der Waals surface area contributed by atoms with E-state index in [0.29, 0.717) is 10.0 Å². The molecule has 2 rings (SSSR count). The lowest BCUT2D eigenvalue weighted by Crippen LogP contribution is -2.33. The molecule has 0 aromatic heterocycles. The third kappa shape index (κ3) is 2.22. The van der Waals surface area contributed by atoms with Gasteiger partial charge in [-0.3, -0.25) is 0 Å². The SMILES string of the molecule is CCC1(c2ccc(Cl)c(Cl)c2)CCOCC1. The highest BCUT2D eigenvalue weighted by Gasteiger charge is 2.32. The van der Waals surface area contributed by atoms with Gasteiger partial charge in [0.25, 0.3) is 0 Å². The second-order valence-electron chi connectivity index (χ2n) is 4.38. The zero-order valence-corrected chi connectivity index (χ0v) is 10.9. The molecule has 1 fully saturated rings. The largest absolute Gasteiger partial charge is 0.381 e. The summed E-state index contributed by atoms with van der Waals surface area (Å²) >= 11 is 12.0. The summed E-state index contributed by atoms with van der Waals surface area (Å²) in [5, 5.41) is 1.28. The fourth-order valence-electron chi connectivity index (χ4n) is 2.43. The first-order valence-corrected chi connectivity index (χ1v) is 6.47. The Bertz CT molecular complexity index is 370. The van der Waals surface area contributed by atoms with Crippen LogP contribution in [0.2, 0.25) is 10.0 Å². The zero-order valence-electron chi connectivity index (χ0n) is 9.43. The molecular weight excluding hydrogens is 243 g/mol. The molecule has 1 aliphatic rings. The molecule has 1 aromatic rings. The maximum Gasteiger partial charge on any atom is 0.0595 e. The van der Waals surface area contributed by atoms with Gasteiger partial charge in [-0.25, -0.2) is 0 Å². The van der Waals surface area contributed by atoms with Gasteiger partial charge >= 0.3 is 0 Å². The molecule has 0 radical (unpaired) electrons. The molecule has 1 saturated heterocycles. The van der Waals surface area contributed by atoms with Crippen molar-refractivity contribution in [1.82, 2.24) is 0 Å². The summed E-state index contributed by atoms with van der Waals surface area (Å²) in [5.41, 5.74) is 1.53. The Morgan fingerprint density at radius 3 is 2.44 bits per heavy atom. The van der Waals surface area contributed by atoms with Crippen molar-refractivity contribution in [3.8, 4) is 0 Å². The molecule has 0 bridgehead atoms. The second kappa shape index (κ2) is 4.95. The molecule has 3 heteroatoms. The van der Waals surface area contributed by atoms with Crippen molar-refractivity contribution in [2.75, 3.05) is 13.2 Å². The molecule has 1 nitrogen and oxygen atoms in total. The van der Waals surface area contributed by atoms with E-state index in [4.69, 9.17) is 27.9 Å². The Morgan fingerprint density at radius 2 is 1.88 bits per heavy atom. The Morgan fingerprint density at radius 1 is 1.19 bits per heavy atom. The van der Waals surface area contributed by atoms with Gasteiger partial charge in [-0.05, 0) is 42.4 Å². The van der Waals surface area contributed by atoms with Crippen LogP contribution in [0.15, 0.2) is 18.2 Å². The Labute approximate surface area is 107 Å². The van der Waals surface area contributed by atoms with Crippen molar-refractivity contribution >= 4 is 23.2 Å². The van der Waals surface area contributed by atoms with Crippen molar-refractivity contribution in [2.45, 2.75) is 31.6 Å². The van der Waals surface area contributed by atoms with Crippen LogP contribution in [-0.2, 0) is 10.2 Å². The molecule has 1 aliphatic heterocycles. The molecule has 0 atom stereocenters. The summed E-state index contributed by atoms with van der Waals surface area (Å²) in [7, 11) is 0. The molecule has 1 aromatic carbocycles. The number of hydrogen-bond acceptors (Lipinski definition) is 1. The van der Waals surface area contributed by atoms with Crippen LogP contribution in [0, 0.1) is 0 Å². The van der Waals surface area contributed by atoms with Crippen LogP contribution in [0.3, 0.4) is 0 Å². The molecule has 0 saturated carbocycles. The van der Waals surface area contributed by atoms with Gasteiger partial charge in [-0.1, -0.05) is 36.2 Å². The van der Waals surface area contributed by atoms with Crippen LogP contribution < -0.4 is 0 Å². The lowest BCUT2D eigenvalue weighted by molar-refractivity contribution is 0.0485. The number of ether oxygens (including phenoxy) is 1. The fourth-order valence-corrected chi connectivity index (χ4v) is 2.73. The van der Waals surface area contributed by atoms with Crippen LogP contribution in [0.4, 0.5) is 0 Å². The molecule has 16 heavy (non-hydrogen) atoms. The smallest absolute Gasteiger partial charge is 0.0595 e. The molecule has 0 unspecified atom stereocenters. The lowest BCUT2D eigenvalue weighted by atomic mass is 9.72. The molecule has 0 N–H and O–H groups in total. The second-order valence-corrected chi connectivity index (χ2v) is 5.19. The van der Waals surface area contributed by atoms with Gasteiger partial charge in [0.1, 0.15) is 0 Å². The van der Waals surface area contributed by atoms with Crippen LogP contribution in [0.5, 0.6) is 0 Å². The standard InChI is InChI=1S/C13H16Cl2O/c1-2-13(5-7-16-8-6-13)10-3-4-11(14)12(15)9-10/h3-4,9H,2,5-8H2,1H3. The van der Waals surface area contributed by atoms with E-state index in [0.717, 1.165) is 32.5 Å². The Balaban J connectivity index is 2.35. The first-order chi connectivity index (χ1) is 7.68. The van der Waals surface area contributed by atoms with Crippen molar-refractivity contribution in [3.05, 3.63) is 33.8 Å². The van der Waals surface area contributed by atoms with Gasteiger partial charge in [0.2, 0.25) is 0 Å². The van der Waals surface area contributed by atoms with Crippen LogP contribution >= 0.6 is 23.2 Å². The highest BCUT2D eigenvalue weighted by Crippen LogP contribution is 2.39. The summed E-state index contributed by atoms with van der Waals surface area (Å²) < 4.78 is 5.44. The lowest BCUT2D eigenvalue weighted by Gasteiger charge is -2.37. The minimum absolute atomic E-state index is 0.229. The topological polar surface area (TPSA) is 9.23 Å². The minimum Gasteiger partial charge on any atom is -0.381 e. The van der Waals surface area contributed by atoms with Crippen molar-refractivity contribution < 1.29 is 4.74 Å². The van der Waals surface area contributed by atoms with Gasteiger partial charge in [0.05, 0.1) is 10.0 Å². The van der Waals surface area contributed by atoms with Crippen LogP contribution in [0.1, 0.15) is 31.7 Å². The predicted molar refractivity (Wildman–Crippen MR) is 68.5 cm³/mol. The fraction of sp³-hybridized carbons (Fsp3) is 0.538. The predicted octanol–water partition coefficient (Wildman–Crippen LogP) is 4.45. The van der Waals surface area contributed by atoms with Gasteiger partial charge < -0.3 is 4.74 Å². The van der Waals surface area contributed by atoms with E-state index in [1.165, 1.54) is 5.56 Å². The van der Waals surface area contributed by atoms with Crippen LogP contribution in [0.25, 0.3) is 0 Å². The van der Waals surface area contributed by atoms with E-state index in [1.54, 1.807) is 0 Å². The molecule has 0 aliphatic carbocycles. The van der Waals surface area contributed by atoms with Crippen LogP contribution in [-0.4, -0.2) is 13.2 Å². The van der Waals surface area contributed by atoms with Gasteiger partial charge in [-0.15, -0.1) is 0 Å². The van der Waals surface area contributed by atoms with Gasteiger partial charge in [0, 0.05) is 13.2 Å². The Hall–Kier alpha value is -0.240. The zero-order chi connectivity index (χ0) is 11.6. The average Bonchev–Trinajstić information content (AvgIpc) is 2.33. The van der Waals surface area contributed by atoms with Crippen molar-refractivity contribution in [2.24, 2.45) is 0 Å². The highest BCUT2D eigenvalue weighted by molar-refractivity contribution is 6.42. The quantitative estimate of drug-likeness (QED) is 0.762. The molecule has 0 spiro atoms. The third-order valence-corrected chi connectivity index (χ3v) is 4.40. The summed E-state index contributed by atoms with van der Waals surface area (Å²) in [6.45, 7) is 3.91. The monoisotopic (exact) mass is 258 g/mol. The third-order valence-electron chi connectivity index (χ3n) is 3.66. The van der Waals surface area contributed by atoms with E-state index in [-0.39, 0.29) is 5.41 Å². The van der Waals surface area contributed by atoms with Crippen molar-refractivity contribution in [1.29, 1.82) is 0 Å². The van der Waals surface area contributed by atoms with Gasteiger partial charge in [-0.2, -0.15) is 0 Å². The average molecular weight is 259 g/mol. The number of rotatable bonds is 2. The highest BCUT2D eigenvalue weighted by atomic mass is 35.5. The molecule has 1 heterocycles. The molecule has 0 amide bonds. The summed E-state index contributed by atoms with van der Waals surface area (Å²) in [6, 6.07) is 6.01. The summed E-state index contributed by atoms with van der Waals surface area (Å²) in [6.07, 6.45) is 3.26. The normalized spacial score (nSPS) is 19.7. The number of benzene rings is 1. The number of halogens is 2. The van der Waals surface area contributed by atoms with E-state index < -0.39 is 0 Å². The van der Waals surface area contributed by atoms with Gasteiger partial charge in [0.15, 0.2) is 0 Å². The molecule has 88 valence electrons. The van der Waals surface area contributed by atoms with E-state index in [2.05, 4.69) is 13.0 Å². The van der Waals surface area contributed by atoms with E-state index in [1.807, 2.05) is 12.1 Å².